The van der Waals surface area contributed by atoms with Gasteiger partial charge in [0.1, 0.15) is 6.04 Å². The van der Waals surface area contributed by atoms with Crippen molar-refractivity contribution in [1.82, 2.24) is 20.1 Å². The third-order valence-electron chi connectivity index (χ3n) is 3.54. The van der Waals surface area contributed by atoms with Crippen LogP contribution in [-0.2, 0) is 9.59 Å². The highest BCUT2D eigenvalue weighted by atomic mass is 16.2. The van der Waals surface area contributed by atoms with Crippen LogP contribution in [-0.4, -0.2) is 65.2 Å². The summed E-state index contributed by atoms with van der Waals surface area (Å²) in [5.74, 6) is -0.629. The Labute approximate surface area is 122 Å². The van der Waals surface area contributed by atoms with E-state index in [0.717, 1.165) is 0 Å². The van der Waals surface area contributed by atoms with Gasteiger partial charge in [0.05, 0.1) is 12.1 Å². The van der Waals surface area contributed by atoms with Gasteiger partial charge >= 0.3 is 0 Å². The lowest BCUT2D eigenvalue weighted by atomic mass is 10.1. The maximum absolute atomic E-state index is 12.5. The van der Waals surface area contributed by atoms with Gasteiger partial charge in [0.15, 0.2) is 0 Å². The van der Waals surface area contributed by atoms with E-state index in [0.29, 0.717) is 18.7 Å². The summed E-state index contributed by atoms with van der Waals surface area (Å²) in [7, 11) is 1.52. The molecule has 0 saturated carbocycles. The average molecular weight is 290 g/mol. The molecule has 0 aliphatic carbocycles. The Morgan fingerprint density at radius 3 is 2.67 bits per heavy atom. The summed E-state index contributed by atoms with van der Waals surface area (Å²) in [5, 5.41) is 2.54. The lowest BCUT2D eigenvalue weighted by Gasteiger charge is -2.40. The molecule has 1 aliphatic rings. The number of likely N-dealkylation sites (N-methyl/N-ethyl adjacent to an activating group) is 1. The van der Waals surface area contributed by atoms with Gasteiger partial charge in [-0.05, 0) is 12.1 Å². The second-order valence-corrected chi connectivity index (χ2v) is 4.84. The molecule has 0 aromatic carbocycles. The topological polar surface area (TPSA) is 82.6 Å². The third-order valence-corrected chi connectivity index (χ3v) is 3.54. The van der Waals surface area contributed by atoms with Crippen molar-refractivity contribution >= 4 is 17.7 Å². The van der Waals surface area contributed by atoms with Crippen LogP contribution >= 0.6 is 0 Å². The minimum absolute atomic E-state index is 0.0996. The predicted molar refractivity (Wildman–Crippen MR) is 75.4 cm³/mol. The molecule has 1 atom stereocenters. The van der Waals surface area contributed by atoms with Crippen LogP contribution < -0.4 is 5.32 Å². The average Bonchev–Trinajstić information content (AvgIpc) is 2.53. The van der Waals surface area contributed by atoms with Crippen LogP contribution in [0.2, 0.25) is 0 Å². The molecular weight excluding hydrogens is 272 g/mol. The highest BCUT2D eigenvalue weighted by Crippen LogP contribution is 2.14. The first-order valence-electron chi connectivity index (χ1n) is 6.72. The molecule has 1 aromatic rings. The molecule has 7 heteroatoms. The molecular formula is C14H18N4O3. The molecule has 3 amide bonds. The molecule has 1 aliphatic heterocycles. The van der Waals surface area contributed by atoms with Gasteiger partial charge in [-0.15, -0.1) is 0 Å². The monoisotopic (exact) mass is 290 g/mol. The molecule has 0 spiro atoms. The van der Waals surface area contributed by atoms with Gasteiger partial charge in [-0.1, -0.05) is 0 Å². The number of pyridine rings is 1. The minimum atomic E-state index is -0.680. The number of aromatic nitrogens is 1. The summed E-state index contributed by atoms with van der Waals surface area (Å²) in [5.41, 5.74) is 0.433. The smallest absolute Gasteiger partial charge is 0.256 e. The summed E-state index contributed by atoms with van der Waals surface area (Å²) in [4.78, 5) is 43.0. The molecule has 21 heavy (non-hydrogen) atoms. The second-order valence-electron chi connectivity index (χ2n) is 4.84. The second kappa shape index (κ2) is 6.34. The van der Waals surface area contributed by atoms with Crippen LogP contribution in [0.15, 0.2) is 24.5 Å². The van der Waals surface area contributed by atoms with Crippen molar-refractivity contribution in [2.75, 3.05) is 26.7 Å². The van der Waals surface area contributed by atoms with Crippen LogP contribution in [0.3, 0.4) is 0 Å². The first-order chi connectivity index (χ1) is 10.0. The molecule has 1 saturated heterocycles. The molecule has 112 valence electrons. The van der Waals surface area contributed by atoms with Gasteiger partial charge in [0.2, 0.25) is 11.8 Å². The number of hydrogen-bond acceptors (Lipinski definition) is 4. The van der Waals surface area contributed by atoms with E-state index in [1.807, 2.05) is 0 Å². The molecule has 0 radical (unpaired) electrons. The van der Waals surface area contributed by atoms with E-state index in [4.69, 9.17) is 0 Å². The van der Waals surface area contributed by atoms with Gasteiger partial charge in [0.25, 0.3) is 5.91 Å². The standard InChI is InChI=1S/C14H18N4O3/c1-10(19)17-6-7-18(12(9-17)13(20)15-2)14(21)11-4-3-5-16-8-11/h3-5,8,12H,6-7,9H2,1-2H3,(H,15,20)/t12-/m1/s1. The molecule has 2 heterocycles. The maximum atomic E-state index is 12.5. The zero-order valence-corrected chi connectivity index (χ0v) is 12.1. The number of carbonyl (C=O) groups is 3. The number of hydrogen-bond donors (Lipinski definition) is 1. The van der Waals surface area contributed by atoms with Crippen LogP contribution in [0.5, 0.6) is 0 Å². The third kappa shape index (κ3) is 3.18. The minimum Gasteiger partial charge on any atom is -0.357 e. The zero-order valence-electron chi connectivity index (χ0n) is 12.1. The van der Waals surface area contributed by atoms with E-state index in [1.54, 1.807) is 23.2 Å². The van der Waals surface area contributed by atoms with Crippen molar-refractivity contribution < 1.29 is 14.4 Å². The Bertz CT molecular complexity index is 546. The Morgan fingerprint density at radius 2 is 2.10 bits per heavy atom. The highest BCUT2D eigenvalue weighted by molar-refractivity contribution is 5.97. The molecule has 2 rings (SSSR count). The number of piperazine rings is 1. The van der Waals surface area contributed by atoms with Gasteiger partial charge < -0.3 is 15.1 Å². The number of carbonyl (C=O) groups excluding carboxylic acids is 3. The van der Waals surface area contributed by atoms with Gasteiger partial charge in [-0.2, -0.15) is 0 Å². The van der Waals surface area contributed by atoms with Crippen molar-refractivity contribution in [2.45, 2.75) is 13.0 Å². The molecule has 1 aromatic heterocycles. The number of nitrogens with zero attached hydrogens (tertiary/aromatic N) is 3. The van der Waals surface area contributed by atoms with Gasteiger partial charge in [-0.3, -0.25) is 19.4 Å². The lowest BCUT2D eigenvalue weighted by molar-refractivity contribution is -0.135. The van der Waals surface area contributed by atoms with Crippen molar-refractivity contribution in [1.29, 1.82) is 0 Å². The van der Waals surface area contributed by atoms with E-state index in [-0.39, 0.29) is 24.3 Å². The SMILES string of the molecule is CNC(=O)[C@H]1CN(C(C)=O)CCN1C(=O)c1cccnc1. The molecule has 7 nitrogen and oxygen atoms in total. The predicted octanol–water partition coefficient (Wildman–Crippen LogP) is -0.499. The number of rotatable bonds is 2. The highest BCUT2D eigenvalue weighted by Gasteiger charge is 2.36. The Morgan fingerprint density at radius 1 is 1.33 bits per heavy atom. The summed E-state index contributed by atoms with van der Waals surface area (Å²) >= 11 is 0. The van der Waals surface area contributed by atoms with Crippen LogP contribution in [0.4, 0.5) is 0 Å². The fraction of sp³-hybridized carbons (Fsp3) is 0.429. The largest absolute Gasteiger partial charge is 0.357 e. The zero-order chi connectivity index (χ0) is 15.4. The number of amides is 3. The summed E-state index contributed by atoms with van der Waals surface area (Å²) in [6.45, 7) is 2.42. The fourth-order valence-corrected chi connectivity index (χ4v) is 2.36. The summed E-state index contributed by atoms with van der Waals surface area (Å²) < 4.78 is 0. The van der Waals surface area contributed by atoms with Crippen molar-refractivity contribution in [2.24, 2.45) is 0 Å². The first kappa shape index (κ1) is 15.0. The molecule has 1 fully saturated rings. The first-order valence-corrected chi connectivity index (χ1v) is 6.72. The summed E-state index contributed by atoms with van der Waals surface area (Å²) in [6, 6.07) is 2.65. The van der Waals surface area contributed by atoms with Crippen molar-refractivity contribution in [3.63, 3.8) is 0 Å². The molecule has 0 unspecified atom stereocenters. The maximum Gasteiger partial charge on any atom is 0.256 e. The summed E-state index contributed by atoms with van der Waals surface area (Å²) in [6.07, 6.45) is 3.06. The number of nitrogens with one attached hydrogen (secondary N) is 1. The van der Waals surface area contributed by atoms with Crippen molar-refractivity contribution in [3.05, 3.63) is 30.1 Å². The normalized spacial score (nSPS) is 18.3. The van der Waals surface area contributed by atoms with Crippen molar-refractivity contribution in [3.8, 4) is 0 Å². The Kier molecular flexibility index (Phi) is 4.52. The van der Waals surface area contributed by atoms with E-state index in [9.17, 15) is 14.4 Å². The molecule has 1 N–H and O–H groups in total. The van der Waals surface area contributed by atoms with Gasteiger partial charge in [-0.25, -0.2) is 0 Å². The van der Waals surface area contributed by atoms with Crippen LogP contribution in [0.25, 0.3) is 0 Å². The quantitative estimate of drug-likeness (QED) is 0.796. The van der Waals surface area contributed by atoms with Gasteiger partial charge in [0, 0.05) is 39.5 Å². The Balaban J connectivity index is 2.22. The molecule has 0 bridgehead atoms. The van der Waals surface area contributed by atoms with E-state index in [2.05, 4.69) is 10.3 Å². The van der Waals surface area contributed by atoms with E-state index in [1.165, 1.54) is 25.1 Å². The Hall–Kier alpha value is -2.44. The van der Waals surface area contributed by atoms with Crippen LogP contribution in [0, 0.1) is 0 Å². The van der Waals surface area contributed by atoms with E-state index < -0.39 is 6.04 Å². The fourth-order valence-electron chi connectivity index (χ4n) is 2.36. The van der Waals surface area contributed by atoms with E-state index >= 15 is 0 Å². The van der Waals surface area contributed by atoms with Crippen LogP contribution in [0.1, 0.15) is 17.3 Å². The lowest BCUT2D eigenvalue weighted by Crippen LogP contribution is -2.61.